The second-order valence-electron chi connectivity index (χ2n) is 4.80. The summed E-state index contributed by atoms with van der Waals surface area (Å²) in [6, 6.07) is 4.29. The van der Waals surface area contributed by atoms with Crippen molar-refractivity contribution in [1.82, 2.24) is 0 Å². The molecule has 0 saturated carbocycles. The molecule has 0 spiro atoms. The van der Waals surface area contributed by atoms with E-state index in [0.29, 0.717) is 0 Å². The minimum Gasteiger partial charge on any atom is -0.385 e. The van der Waals surface area contributed by atoms with Gasteiger partial charge in [-0.15, -0.1) is 0 Å². The van der Waals surface area contributed by atoms with Crippen molar-refractivity contribution >= 4 is 0 Å². The van der Waals surface area contributed by atoms with E-state index in [1.165, 1.54) is 16.7 Å². The van der Waals surface area contributed by atoms with Gasteiger partial charge < -0.3 is 5.11 Å². The van der Waals surface area contributed by atoms with Crippen LogP contribution in [0.25, 0.3) is 0 Å². The molecule has 84 valence electrons. The molecule has 0 bridgehead atoms. The van der Waals surface area contributed by atoms with E-state index in [4.69, 9.17) is 0 Å². The van der Waals surface area contributed by atoms with Crippen LogP contribution < -0.4 is 0 Å². The number of rotatable bonds is 3. The third-order valence-electron chi connectivity index (χ3n) is 2.95. The third kappa shape index (κ3) is 2.60. The molecule has 0 aliphatic heterocycles. The number of benzene rings is 1. The Labute approximate surface area is 93.1 Å². The molecule has 0 amide bonds. The van der Waals surface area contributed by atoms with Gasteiger partial charge in [0.25, 0.3) is 0 Å². The van der Waals surface area contributed by atoms with E-state index < -0.39 is 5.60 Å². The number of aryl methyl sites for hydroxylation is 3. The Morgan fingerprint density at radius 3 is 2.00 bits per heavy atom. The minimum atomic E-state index is -0.684. The minimum absolute atomic E-state index is 0.684. The zero-order valence-electron chi connectivity index (χ0n) is 10.5. The summed E-state index contributed by atoms with van der Waals surface area (Å²) < 4.78 is 0. The van der Waals surface area contributed by atoms with E-state index >= 15 is 0 Å². The van der Waals surface area contributed by atoms with Gasteiger partial charge in [0.1, 0.15) is 0 Å². The summed E-state index contributed by atoms with van der Waals surface area (Å²) in [7, 11) is 0. The van der Waals surface area contributed by atoms with Gasteiger partial charge in [-0.2, -0.15) is 0 Å². The van der Waals surface area contributed by atoms with Gasteiger partial charge in [0.2, 0.25) is 0 Å². The van der Waals surface area contributed by atoms with Crippen molar-refractivity contribution in [3.05, 3.63) is 34.4 Å². The summed E-state index contributed by atoms with van der Waals surface area (Å²) in [5.41, 5.74) is 4.09. The zero-order chi connectivity index (χ0) is 11.6. The molecular formula is C14H22O. The van der Waals surface area contributed by atoms with Crippen LogP contribution in [0.2, 0.25) is 0 Å². The Morgan fingerprint density at radius 2 is 1.60 bits per heavy atom. The van der Waals surface area contributed by atoms with Crippen molar-refractivity contribution in [2.24, 2.45) is 0 Å². The molecule has 0 saturated heterocycles. The lowest BCUT2D eigenvalue weighted by molar-refractivity contribution is 0.0457. The van der Waals surface area contributed by atoms with Gasteiger partial charge in [0.15, 0.2) is 0 Å². The van der Waals surface area contributed by atoms with Crippen molar-refractivity contribution in [2.75, 3.05) is 0 Å². The highest BCUT2D eigenvalue weighted by atomic mass is 16.3. The first kappa shape index (κ1) is 12.3. The van der Waals surface area contributed by atoms with Crippen LogP contribution in [-0.4, -0.2) is 5.11 Å². The molecule has 0 radical (unpaired) electrons. The van der Waals surface area contributed by atoms with Crippen LogP contribution >= 0.6 is 0 Å². The highest BCUT2D eigenvalue weighted by molar-refractivity contribution is 5.40. The largest absolute Gasteiger partial charge is 0.385 e. The van der Waals surface area contributed by atoms with Gasteiger partial charge in [0.05, 0.1) is 5.60 Å². The Morgan fingerprint density at radius 1 is 1.13 bits per heavy atom. The molecular weight excluding hydrogens is 184 g/mol. The number of hydrogen-bond donors (Lipinski definition) is 1. The fourth-order valence-electron chi connectivity index (χ4n) is 2.64. The third-order valence-corrected chi connectivity index (χ3v) is 2.95. The number of hydrogen-bond acceptors (Lipinski definition) is 1. The molecule has 0 aromatic heterocycles. The average molecular weight is 206 g/mol. The maximum Gasteiger partial charge on any atom is 0.0873 e. The SMILES string of the molecule is CCC[C@@](C)(O)c1c(C)cc(C)cc1C. The first-order valence-corrected chi connectivity index (χ1v) is 5.69. The molecule has 0 heterocycles. The molecule has 0 unspecified atom stereocenters. The van der Waals surface area contributed by atoms with Crippen LogP contribution in [0.5, 0.6) is 0 Å². The number of aliphatic hydroxyl groups is 1. The average Bonchev–Trinajstić information content (AvgIpc) is 1.99. The lowest BCUT2D eigenvalue weighted by Crippen LogP contribution is -2.23. The molecule has 1 N–H and O–H groups in total. The molecule has 1 heteroatoms. The van der Waals surface area contributed by atoms with Gasteiger partial charge in [-0.05, 0) is 50.8 Å². The van der Waals surface area contributed by atoms with Crippen molar-refractivity contribution in [1.29, 1.82) is 0 Å². The van der Waals surface area contributed by atoms with Crippen LogP contribution in [0.3, 0.4) is 0 Å². The van der Waals surface area contributed by atoms with E-state index in [9.17, 15) is 5.11 Å². The van der Waals surface area contributed by atoms with Gasteiger partial charge in [-0.3, -0.25) is 0 Å². The quantitative estimate of drug-likeness (QED) is 0.801. The van der Waals surface area contributed by atoms with Gasteiger partial charge in [-0.1, -0.05) is 31.0 Å². The molecule has 1 nitrogen and oxygen atoms in total. The smallest absolute Gasteiger partial charge is 0.0873 e. The summed E-state index contributed by atoms with van der Waals surface area (Å²) in [6.07, 6.45) is 1.82. The van der Waals surface area contributed by atoms with Gasteiger partial charge in [0, 0.05) is 0 Å². The highest BCUT2D eigenvalue weighted by Crippen LogP contribution is 2.31. The summed E-state index contributed by atoms with van der Waals surface area (Å²) in [4.78, 5) is 0. The molecule has 0 aliphatic carbocycles. The Balaban J connectivity index is 3.24. The monoisotopic (exact) mass is 206 g/mol. The molecule has 1 aromatic carbocycles. The summed E-state index contributed by atoms with van der Waals surface area (Å²) in [5, 5.41) is 10.4. The maximum absolute atomic E-state index is 10.4. The maximum atomic E-state index is 10.4. The van der Waals surface area contributed by atoms with Crippen LogP contribution in [0.15, 0.2) is 12.1 Å². The Hall–Kier alpha value is -0.820. The summed E-state index contributed by atoms with van der Waals surface area (Å²) in [5.74, 6) is 0. The lowest BCUT2D eigenvalue weighted by Gasteiger charge is -2.27. The van der Waals surface area contributed by atoms with Gasteiger partial charge >= 0.3 is 0 Å². The lowest BCUT2D eigenvalue weighted by atomic mass is 9.84. The molecule has 0 aliphatic rings. The first-order valence-electron chi connectivity index (χ1n) is 5.69. The van der Waals surface area contributed by atoms with Crippen LogP contribution in [0.1, 0.15) is 48.9 Å². The van der Waals surface area contributed by atoms with E-state index in [1.54, 1.807) is 0 Å². The first-order chi connectivity index (χ1) is 6.88. The van der Waals surface area contributed by atoms with Crippen molar-refractivity contribution in [3.63, 3.8) is 0 Å². The van der Waals surface area contributed by atoms with E-state index in [1.807, 2.05) is 6.92 Å². The van der Waals surface area contributed by atoms with E-state index in [-0.39, 0.29) is 0 Å². The second kappa shape index (κ2) is 4.36. The molecule has 1 rings (SSSR count). The predicted octanol–water partition coefficient (Wildman–Crippen LogP) is 3.62. The predicted molar refractivity (Wildman–Crippen MR) is 65.1 cm³/mol. The Bertz CT molecular complexity index is 327. The Kier molecular flexibility index (Phi) is 3.56. The van der Waals surface area contributed by atoms with Crippen LogP contribution in [0, 0.1) is 20.8 Å². The van der Waals surface area contributed by atoms with Crippen molar-refractivity contribution in [3.8, 4) is 0 Å². The summed E-state index contributed by atoms with van der Waals surface area (Å²) in [6.45, 7) is 10.3. The molecule has 1 aromatic rings. The van der Waals surface area contributed by atoms with Crippen molar-refractivity contribution < 1.29 is 5.11 Å². The van der Waals surface area contributed by atoms with E-state index in [0.717, 1.165) is 18.4 Å². The zero-order valence-corrected chi connectivity index (χ0v) is 10.5. The molecule has 15 heavy (non-hydrogen) atoms. The van der Waals surface area contributed by atoms with Crippen LogP contribution in [0.4, 0.5) is 0 Å². The summed E-state index contributed by atoms with van der Waals surface area (Å²) >= 11 is 0. The van der Waals surface area contributed by atoms with Crippen LogP contribution in [-0.2, 0) is 5.60 Å². The molecule has 0 fully saturated rings. The standard InChI is InChI=1S/C14H22O/c1-6-7-14(5,15)13-11(3)8-10(2)9-12(13)4/h8-9,15H,6-7H2,1-5H3/t14-/m1/s1. The fourth-order valence-corrected chi connectivity index (χ4v) is 2.64. The van der Waals surface area contributed by atoms with E-state index in [2.05, 4.69) is 39.8 Å². The topological polar surface area (TPSA) is 20.2 Å². The van der Waals surface area contributed by atoms with Crippen molar-refractivity contribution in [2.45, 2.75) is 53.1 Å². The van der Waals surface area contributed by atoms with Gasteiger partial charge in [-0.25, -0.2) is 0 Å². The normalized spacial score (nSPS) is 15.1. The molecule has 1 atom stereocenters. The second-order valence-corrected chi connectivity index (χ2v) is 4.80. The highest BCUT2D eigenvalue weighted by Gasteiger charge is 2.25. The fraction of sp³-hybridized carbons (Fsp3) is 0.571.